The number of ether oxygens (including phenoxy) is 3. The molecule has 7 heteroatoms. The molecule has 0 saturated carbocycles. The van der Waals surface area contributed by atoms with Crippen molar-refractivity contribution < 1.29 is 28.9 Å². The minimum Gasteiger partial charge on any atom is -0.544 e. The third-order valence-electron chi connectivity index (χ3n) is 3.37. The molecule has 0 heterocycles. The van der Waals surface area contributed by atoms with E-state index in [0.29, 0.717) is 16.9 Å². The Balaban J connectivity index is 2.25. The first-order chi connectivity index (χ1) is 12.5. The highest BCUT2D eigenvalue weighted by Crippen LogP contribution is 2.29. The first-order valence-corrected chi connectivity index (χ1v) is 7.36. The highest BCUT2D eigenvalue weighted by Gasteiger charge is 2.13. The molecule has 0 atom stereocenters. The molecule has 0 amide bonds. The summed E-state index contributed by atoms with van der Waals surface area (Å²) >= 11 is 0. The quantitative estimate of drug-likeness (QED) is 0.336. The van der Waals surface area contributed by atoms with Gasteiger partial charge in [-0.3, -0.25) is 0 Å². The fourth-order valence-corrected chi connectivity index (χ4v) is 2.05. The summed E-state index contributed by atoms with van der Waals surface area (Å²) in [5.74, 6) is -1.21. The number of carbonyl (C=O) groups excluding carboxylic acids is 2. The largest absolute Gasteiger partial charge is 0.544 e. The molecule has 7 nitrogen and oxygen atoms in total. The number of carboxylic acids is 1. The molecule has 0 aliphatic heterocycles. The van der Waals surface area contributed by atoms with Crippen LogP contribution in [0, 0.1) is 11.3 Å². The molecular formula is C19H14NO6-. The van der Waals surface area contributed by atoms with E-state index in [4.69, 9.17) is 19.5 Å². The van der Waals surface area contributed by atoms with E-state index in [1.54, 1.807) is 24.3 Å². The van der Waals surface area contributed by atoms with E-state index < -0.39 is 17.5 Å². The number of hydrogen-bond donors (Lipinski definition) is 0. The summed E-state index contributed by atoms with van der Waals surface area (Å²) < 4.78 is 15.5. The average molecular weight is 352 g/mol. The predicted molar refractivity (Wildman–Crippen MR) is 89.5 cm³/mol. The number of hydrogen-bond acceptors (Lipinski definition) is 7. The molecule has 0 unspecified atom stereocenters. The van der Waals surface area contributed by atoms with Crippen LogP contribution >= 0.6 is 0 Å². The lowest BCUT2D eigenvalue weighted by Crippen LogP contribution is -2.23. The van der Waals surface area contributed by atoms with E-state index in [1.807, 2.05) is 0 Å². The van der Waals surface area contributed by atoms with Crippen LogP contribution in [0.15, 0.2) is 48.0 Å². The van der Waals surface area contributed by atoms with Gasteiger partial charge in [-0.1, -0.05) is 6.07 Å². The molecule has 0 N–H and O–H groups in total. The maximum absolute atomic E-state index is 12.2. The number of nitrogens with zero attached hydrogens (tertiary/aromatic N) is 1. The molecule has 2 aromatic carbocycles. The van der Waals surface area contributed by atoms with E-state index in [-0.39, 0.29) is 11.5 Å². The van der Waals surface area contributed by atoms with Crippen LogP contribution in [0.5, 0.6) is 17.2 Å². The van der Waals surface area contributed by atoms with E-state index in [1.165, 1.54) is 38.5 Å². The third-order valence-corrected chi connectivity index (χ3v) is 3.37. The van der Waals surface area contributed by atoms with Gasteiger partial charge in [-0.05, 0) is 48.0 Å². The molecule has 0 radical (unpaired) electrons. The monoisotopic (exact) mass is 352 g/mol. The molecule has 0 bridgehead atoms. The van der Waals surface area contributed by atoms with Gasteiger partial charge in [-0.15, -0.1) is 0 Å². The zero-order chi connectivity index (χ0) is 19.1. The summed E-state index contributed by atoms with van der Waals surface area (Å²) in [6.07, 6.45) is 1.13. The van der Waals surface area contributed by atoms with E-state index >= 15 is 0 Å². The van der Waals surface area contributed by atoms with Crippen molar-refractivity contribution in [1.82, 2.24) is 0 Å². The minimum atomic E-state index is -1.58. The molecule has 2 aromatic rings. The highest BCUT2D eigenvalue weighted by molar-refractivity contribution is 5.95. The van der Waals surface area contributed by atoms with E-state index in [9.17, 15) is 14.7 Å². The topological polar surface area (TPSA) is 109 Å². The summed E-state index contributed by atoms with van der Waals surface area (Å²) in [5.41, 5.74) is 0.169. The SMILES string of the molecule is COc1ccc(C(=O)Oc2ccc(/C=C(\C#N)C(=O)[O-])cc2OC)cc1. The molecule has 0 aliphatic rings. The summed E-state index contributed by atoms with van der Waals surface area (Å²) in [5, 5.41) is 19.6. The van der Waals surface area contributed by atoms with Crippen molar-refractivity contribution in [3.8, 4) is 23.3 Å². The van der Waals surface area contributed by atoms with Gasteiger partial charge in [-0.2, -0.15) is 5.26 Å². The van der Waals surface area contributed by atoms with Gasteiger partial charge in [0.25, 0.3) is 0 Å². The molecule has 0 aliphatic carbocycles. The Morgan fingerprint density at radius 3 is 2.27 bits per heavy atom. The molecular weight excluding hydrogens is 338 g/mol. The van der Waals surface area contributed by atoms with Gasteiger partial charge < -0.3 is 24.1 Å². The van der Waals surface area contributed by atoms with Gasteiger partial charge in [0, 0.05) is 0 Å². The molecule has 0 spiro atoms. The zero-order valence-corrected chi connectivity index (χ0v) is 14.0. The number of benzene rings is 2. The maximum atomic E-state index is 12.2. The first kappa shape index (κ1) is 18.5. The first-order valence-electron chi connectivity index (χ1n) is 7.36. The number of carbonyl (C=O) groups is 2. The van der Waals surface area contributed by atoms with Crippen molar-refractivity contribution in [2.45, 2.75) is 0 Å². The number of rotatable bonds is 6. The van der Waals surface area contributed by atoms with Crippen molar-refractivity contribution in [2.24, 2.45) is 0 Å². The summed E-state index contributed by atoms with van der Waals surface area (Å²) in [7, 11) is 2.89. The number of esters is 1. The Bertz CT molecular complexity index is 893. The van der Waals surface area contributed by atoms with Crippen molar-refractivity contribution in [3.63, 3.8) is 0 Å². The second-order valence-electron chi connectivity index (χ2n) is 4.99. The van der Waals surface area contributed by atoms with Crippen molar-refractivity contribution in [2.75, 3.05) is 14.2 Å². The average Bonchev–Trinajstić information content (AvgIpc) is 2.66. The molecule has 0 aromatic heterocycles. The molecule has 0 saturated heterocycles. The van der Waals surface area contributed by atoms with Crippen LogP contribution in [-0.4, -0.2) is 26.2 Å². The van der Waals surface area contributed by atoms with Gasteiger partial charge in [0.15, 0.2) is 11.5 Å². The fraction of sp³-hybridized carbons (Fsp3) is 0.105. The number of aliphatic carboxylic acids is 1. The molecule has 2 rings (SSSR count). The minimum absolute atomic E-state index is 0.150. The van der Waals surface area contributed by atoms with Crippen LogP contribution < -0.4 is 19.3 Å². The standard InChI is InChI=1S/C19H15NO6/c1-24-15-6-4-13(5-7-15)19(23)26-16-8-3-12(10-17(16)25-2)9-14(11-20)18(21)22/h3-10H,1-2H3,(H,21,22)/p-1/b14-9+. The van der Waals surface area contributed by atoms with Gasteiger partial charge in [0.2, 0.25) is 0 Å². The van der Waals surface area contributed by atoms with Crippen molar-refractivity contribution in [3.05, 3.63) is 59.2 Å². The van der Waals surface area contributed by atoms with Crippen LogP contribution in [0.25, 0.3) is 6.08 Å². The Morgan fingerprint density at radius 2 is 1.73 bits per heavy atom. The summed E-state index contributed by atoms with van der Waals surface area (Å²) in [6.45, 7) is 0. The second-order valence-corrected chi connectivity index (χ2v) is 4.99. The Kier molecular flexibility index (Phi) is 5.96. The van der Waals surface area contributed by atoms with E-state index in [2.05, 4.69) is 0 Å². The molecule has 0 fully saturated rings. The lowest BCUT2D eigenvalue weighted by atomic mass is 10.1. The van der Waals surface area contributed by atoms with Crippen LogP contribution in [-0.2, 0) is 4.79 Å². The number of methoxy groups -OCH3 is 2. The smallest absolute Gasteiger partial charge is 0.343 e. The van der Waals surface area contributed by atoms with Crippen LogP contribution in [0.1, 0.15) is 15.9 Å². The van der Waals surface area contributed by atoms with Gasteiger partial charge in [-0.25, -0.2) is 4.79 Å². The lowest BCUT2D eigenvalue weighted by molar-refractivity contribution is -0.298. The second kappa shape index (κ2) is 8.35. The molecule has 132 valence electrons. The van der Waals surface area contributed by atoms with E-state index in [0.717, 1.165) is 6.08 Å². The third kappa shape index (κ3) is 4.39. The van der Waals surface area contributed by atoms with Crippen LogP contribution in [0.4, 0.5) is 0 Å². The van der Waals surface area contributed by atoms with Crippen molar-refractivity contribution in [1.29, 1.82) is 5.26 Å². The zero-order valence-electron chi connectivity index (χ0n) is 14.0. The Labute approximate surface area is 149 Å². The molecule has 26 heavy (non-hydrogen) atoms. The Morgan fingerprint density at radius 1 is 1.04 bits per heavy atom. The normalized spacial score (nSPS) is 10.6. The summed E-state index contributed by atoms with van der Waals surface area (Å²) in [4.78, 5) is 23.0. The number of carboxylic acid groups (broad SMARTS) is 1. The lowest BCUT2D eigenvalue weighted by Gasteiger charge is -2.10. The highest BCUT2D eigenvalue weighted by atomic mass is 16.6. The van der Waals surface area contributed by atoms with Crippen LogP contribution in [0.2, 0.25) is 0 Å². The van der Waals surface area contributed by atoms with Crippen molar-refractivity contribution >= 4 is 18.0 Å². The maximum Gasteiger partial charge on any atom is 0.343 e. The fourth-order valence-electron chi connectivity index (χ4n) is 2.05. The predicted octanol–water partition coefficient (Wildman–Crippen LogP) is 1.58. The van der Waals surface area contributed by atoms with Gasteiger partial charge in [0.1, 0.15) is 11.8 Å². The number of nitriles is 1. The van der Waals surface area contributed by atoms with Gasteiger partial charge in [0.05, 0.1) is 31.3 Å². The summed E-state index contributed by atoms with van der Waals surface area (Å²) in [6, 6.07) is 12.3. The van der Waals surface area contributed by atoms with Crippen LogP contribution in [0.3, 0.4) is 0 Å². The Hall–Kier alpha value is -3.79. The van der Waals surface area contributed by atoms with Gasteiger partial charge >= 0.3 is 5.97 Å².